The molecule has 1 amide bonds. The Morgan fingerprint density at radius 3 is 2.26 bits per heavy atom. The number of anilines is 2. The van der Waals surface area contributed by atoms with E-state index < -0.39 is 6.04 Å². The van der Waals surface area contributed by atoms with Crippen molar-refractivity contribution in [1.82, 2.24) is 0 Å². The largest absolute Gasteiger partial charge is 0.368 e. The van der Waals surface area contributed by atoms with Gasteiger partial charge in [-0.2, -0.15) is 0 Å². The van der Waals surface area contributed by atoms with Gasteiger partial charge >= 0.3 is 0 Å². The molecule has 1 aliphatic rings. The highest BCUT2D eigenvalue weighted by Crippen LogP contribution is 2.37. The first-order chi connectivity index (χ1) is 9.15. The molecule has 0 saturated heterocycles. The first-order valence-corrected chi connectivity index (χ1v) is 6.52. The summed E-state index contributed by atoms with van der Waals surface area (Å²) in [5.74, 6) is -0.114. The second-order valence-corrected chi connectivity index (χ2v) is 5.10. The Hall–Kier alpha value is -1.71. The van der Waals surface area contributed by atoms with Crippen LogP contribution in [0.5, 0.6) is 0 Å². The maximum Gasteiger partial charge on any atom is 0.251 e. The van der Waals surface area contributed by atoms with E-state index in [1.807, 2.05) is 30.3 Å². The lowest BCUT2D eigenvalue weighted by Gasteiger charge is -2.27. The smallest absolute Gasteiger partial charge is 0.251 e. The zero-order chi connectivity index (χ0) is 13.4. The summed E-state index contributed by atoms with van der Waals surface area (Å²) in [6.45, 7) is 0. The van der Waals surface area contributed by atoms with Gasteiger partial charge in [-0.3, -0.25) is 4.79 Å². The molecule has 2 N–H and O–H groups in total. The van der Waals surface area contributed by atoms with Crippen molar-refractivity contribution in [3.63, 3.8) is 0 Å². The lowest BCUT2D eigenvalue weighted by molar-refractivity contribution is -0.117. The Morgan fingerprint density at radius 1 is 0.947 bits per heavy atom. The summed E-state index contributed by atoms with van der Waals surface area (Å²) < 4.78 is 0. The molecule has 0 aliphatic carbocycles. The number of hydrogen-bond donors (Lipinski definition) is 2. The van der Waals surface area contributed by atoms with Crippen LogP contribution in [-0.4, -0.2) is 5.91 Å². The molecule has 1 heterocycles. The fourth-order valence-corrected chi connectivity index (χ4v) is 2.40. The van der Waals surface area contributed by atoms with Gasteiger partial charge in [0, 0.05) is 0 Å². The number of hydrogen-bond acceptors (Lipinski definition) is 2. The van der Waals surface area contributed by atoms with Gasteiger partial charge in [0.25, 0.3) is 5.91 Å². The number of halogens is 2. The molecule has 0 aromatic heterocycles. The second-order valence-electron chi connectivity index (χ2n) is 4.29. The Labute approximate surface area is 120 Å². The third-order valence-electron chi connectivity index (χ3n) is 3.01. The highest BCUT2D eigenvalue weighted by atomic mass is 35.5. The molecule has 96 valence electrons. The molecule has 19 heavy (non-hydrogen) atoms. The zero-order valence-corrected chi connectivity index (χ0v) is 11.3. The van der Waals surface area contributed by atoms with Crippen LogP contribution in [0.3, 0.4) is 0 Å². The first kappa shape index (κ1) is 12.3. The molecule has 0 saturated carbocycles. The molecule has 2 aromatic rings. The van der Waals surface area contributed by atoms with Crippen molar-refractivity contribution in [3.8, 4) is 0 Å². The van der Waals surface area contributed by atoms with Crippen molar-refractivity contribution in [1.29, 1.82) is 0 Å². The molecule has 0 fully saturated rings. The van der Waals surface area contributed by atoms with E-state index in [0.717, 1.165) is 11.3 Å². The van der Waals surface area contributed by atoms with Gasteiger partial charge in [-0.1, -0.05) is 53.5 Å². The predicted octanol–water partition coefficient (Wildman–Crippen LogP) is 4.10. The van der Waals surface area contributed by atoms with E-state index >= 15 is 0 Å². The van der Waals surface area contributed by atoms with Crippen molar-refractivity contribution in [3.05, 3.63) is 58.1 Å². The van der Waals surface area contributed by atoms with Crippen LogP contribution in [0, 0.1) is 0 Å². The van der Waals surface area contributed by atoms with Gasteiger partial charge in [-0.15, -0.1) is 0 Å². The van der Waals surface area contributed by atoms with Gasteiger partial charge in [0.05, 0.1) is 21.4 Å². The molecule has 0 spiro atoms. The van der Waals surface area contributed by atoms with E-state index in [9.17, 15) is 4.79 Å². The Bertz CT molecular complexity index is 643. The van der Waals surface area contributed by atoms with Crippen LogP contribution < -0.4 is 10.6 Å². The summed E-state index contributed by atoms with van der Waals surface area (Å²) in [5, 5.41) is 6.88. The number of benzene rings is 2. The molecule has 0 radical (unpaired) electrons. The molecule has 2 aromatic carbocycles. The van der Waals surface area contributed by atoms with Gasteiger partial charge < -0.3 is 10.6 Å². The van der Waals surface area contributed by atoms with E-state index in [4.69, 9.17) is 23.2 Å². The fourth-order valence-electron chi connectivity index (χ4n) is 2.08. The van der Waals surface area contributed by atoms with Crippen molar-refractivity contribution in [2.45, 2.75) is 6.04 Å². The van der Waals surface area contributed by atoms with Crippen molar-refractivity contribution >= 4 is 40.5 Å². The molecule has 1 aliphatic heterocycles. The van der Waals surface area contributed by atoms with Crippen LogP contribution in [0.4, 0.5) is 11.4 Å². The molecular weight excluding hydrogens is 283 g/mol. The Kier molecular flexibility index (Phi) is 3.09. The lowest BCUT2D eigenvalue weighted by atomic mass is 10.0. The third-order valence-corrected chi connectivity index (χ3v) is 3.74. The van der Waals surface area contributed by atoms with E-state index in [0.29, 0.717) is 15.7 Å². The van der Waals surface area contributed by atoms with Gasteiger partial charge in [-0.05, 0) is 17.7 Å². The van der Waals surface area contributed by atoms with Gasteiger partial charge in [0.15, 0.2) is 0 Å². The minimum Gasteiger partial charge on any atom is -0.368 e. The van der Waals surface area contributed by atoms with Crippen LogP contribution in [0.2, 0.25) is 10.0 Å². The summed E-state index contributed by atoms with van der Waals surface area (Å²) in [6.07, 6.45) is 0. The summed E-state index contributed by atoms with van der Waals surface area (Å²) in [7, 11) is 0. The molecule has 0 bridgehead atoms. The minimum atomic E-state index is -0.425. The molecular formula is C14H10Cl2N2O. The van der Waals surface area contributed by atoms with Gasteiger partial charge in [0.2, 0.25) is 0 Å². The summed E-state index contributed by atoms with van der Waals surface area (Å²) in [4.78, 5) is 12.1. The van der Waals surface area contributed by atoms with Crippen molar-refractivity contribution in [2.75, 3.05) is 10.6 Å². The number of fused-ring (bicyclic) bond motifs is 1. The Morgan fingerprint density at radius 2 is 1.58 bits per heavy atom. The topological polar surface area (TPSA) is 41.1 Å². The SMILES string of the molecule is O=C1Nc2cc(Cl)c(Cl)cc2N[C@H]1c1ccccc1. The van der Waals surface area contributed by atoms with Crippen LogP contribution in [0.1, 0.15) is 11.6 Å². The summed E-state index contributed by atoms with van der Waals surface area (Å²) in [5.41, 5.74) is 2.31. The van der Waals surface area contributed by atoms with Crippen LogP contribution in [0.25, 0.3) is 0 Å². The summed E-state index contributed by atoms with van der Waals surface area (Å²) in [6, 6.07) is 12.4. The molecule has 5 heteroatoms. The average molecular weight is 293 g/mol. The Balaban J connectivity index is 2.00. The molecule has 1 atom stereocenters. The average Bonchev–Trinajstić information content (AvgIpc) is 2.41. The lowest BCUT2D eigenvalue weighted by Crippen LogP contribution is -2.31. The second kappa shape index (κ2) is 4.76. The summed E-state index contributed by atoms with van der Waals surface area (Å²) >= 11 is 11.9. The number of carbonyl (C=O) groups excluding carboxylic acids is 1. The zero-order valence-electron chi connectivity index (χ0n) is 9.78. The minimum absolute atomic E-state index is 0.114. The number of amides is 1. The monoisotopic (exact) mass is 292 g/mol. The van der Waals surface area contributed by atoms with Crippen LogP contribution in [-0.2, 0) is 4.79 Å². The normalized spacial score (nSPS) is 17.4. The van der Waals surface area contributed by atoms with Gasteiger partial charge in [0.1, 0.15) is 6.04 Å². The van der Waals surface area contributed by atoms with Crippen molar-refractivity contribution in [2.24, 2.45) is 0 Å². The maximum absolute atomic E-state index is 12.1. The van der Waals surface area contributed by atoms with E-state index in [2.05, 4.69) is 10.6 Å². The van der Waals surface area contributed by atoms with Crippen molar-refractivity contribution < 1.29 is 4.79 Å². The van der Waals surface area contributed by atoms with Crippen LogP contribution in [0.15, 0.2) is 42.5 Å². The quantitative estimate of drug-likeness (QED) is 0.831. The van der Waals surface area contributed by atoms with Crippen LogP contribution >= 0.6 is 23.2 Å². The fraction of sp³-hybridized carbons (Fsp3) is 0.0714. The number of carbonyl (C=O) groups is 1. The van der Waals surface area contributed by atoms with E-state index in [1.165, 1.54) is 0 Å². The highest BCUT2D eigenvalue weighted by Gasteiger charge is 2.27. The highest BCUT2D eigenvalue weighted by molar-refractivity contribution is 6.42. The third kappa shape index (κ3) is 2.27. The molecule has 3 rings (SSSR count). The molecule has 3 nitrogen and oxygen atoms in total. The maximum atomic E-state index is 12.1. The molecule has 0 unspecified atom stereocenters. The number of nitrogens with one attached hydrogen (secondary N) is 2. The van der Waals surface area contributed by atoms with E-state index in [-0.39, 0.29) is 5.91 Å². The van der Waals surface area contributed by atoms with Gasteiger partial charge in [-0.25, -0.2) is 0 Å². The standard InChI is InChI=1S/C14H10Cl2N2O/c15-9-6-11-12(7-10(9)16)18-14(19)13(17-11)8-4-2-1-3-5-8/h1-7,13,17H,(H,18,19)/t13-/m0/s1. The number of rotatable bonds is 1. The first-order valence-electron chi connectivity index (χ1n) is 5.76. The predicted molar refractivity (Wildman–Crippen MR) is 77.9 cm³/mol. The van der Waals surface area contributed by atoms with E-state index in [1.54, 1.807) is 12.1 Å².